The number of benzene rings is 1. The lowest BCUT2D eigenvalue weighted by Gasteiger charge is -2.22. The molecule has 0 unspecified atom stereocenters. The van der Waals surface area contributed by atoms with Crippen molar-refractivity contribution in [1.29, 1.82) is 0 Å². The summed E-state index contributed by atoms with van der Waals surface area (Å²) < 4.78 is 1.83. The molecule has 5 nitrogen and oxygen atoms in total. The zero-order chi connectivity index (χ0) is 19.5. The van der Waals surface area contributed by atoms with Crippen molar-refractivity contribution in [2.24, 2.45) is 0 Å². The first-order valence-corrected chi connectivity index (χ1v) is 10.1. The zero-order valence-corrected chi connectivity index (χ0v) is 16.7. The maximum atomic E-state index is 12.8. The normalized spacial score (nSPS) is 14.8. The molecule has 0 saturated heterocycles. The van der Waals surface area contributed by atoms with E-state index in [2.05, 4.69) is 15.3 Å². The fourth-order valence-corrected chi connectivity index (χ4v) is 4.04. The monoisotopic (exact) mass is 414 g/mol. The van der Waals surface area contributed by atoms with Gasteiger partial charge in [-0.15, -0.1) is 0 Å². The fraction of sp³-hybridized carbons (Fsp3) is 0.286. The van der Waals surface area contributed by atoms with Crippen LogP contribution in [0.2, 0.25) is 10.0 Å². The minimum absolute atomic E-state index is 0.166. The van der Waals surface area contributed by atoms with Gasteiger partial charge in [-0.05, 0) is 43.2 Å². The summed E-state index contributed by atoms with van der Waals surface area (Å²) in [5.41, 5.74) is 1.86. The number of imidazole rings is 1. The number of amides is 1. The van der Waals surface area contributed by atoms with Crippen LogP contribution >= 0.6 is 23.2 Å². The van der Waals surface area contributed by atoms with Gasteiger partial charge in [0.1, 0.15) is 11.5 Å². The minimum atomic E-state index is -0.166. The Kier molecular flexibility index (Phi) is 5.64. The lowest BCUT2D eigenvalue weighted by Crippen LogP contribution is -2.36. The van der Waals surface area contributed by atoms with Crippen LogP contribution in [0.3, 0.4) is 0 Å². The van der Waals surface area contributed by atoms with Gasteiger partial charge in [-0.25, -0.2) is 4.98 Å². The molecule has 1 saturated carbocycles. The summed E-state index contributed by atoms with van der Waals surface area (Å²) in [5, 5.41) is 4.14. The van der Waals surface area contributed by atoms with E-state index >= 15 is 0 Å². The summed E-state index contributed by atoms with van der Waals surface area (Å²) in [4.78, 5) is 21.6. The quantitative estimate of drug-likeness (QED) is 0.629. The second kappa shape index (κ2) is 8.33. The Morgan fingerprint density at radius 3 is 2.68 bits per heavy atom. The second-order valence-electron chi connectivity index (χ2n) is 6.96. The molecule has 1 aromatic carbocycles. The van der Waals surface area contributed by atoms with Crippen molar-refractivity contribution in [3.8, 4) is 17.1 Å². The van der Waals surface area contributed by atoms with E-state index in [1.165, 1.54) is 6.42 Å². The highest BCUT2D eigenvalue weighted by Crippen LogP contribution is 2.31. The van der Waals surface area contributed by atoms with Gasteiger partial charge in [0, 0.05) is 29.0 Å². The van der Waals surface area contributed by atoms with Gasteiger partial charge in [0.25, 0.3) is 5.91 Å². The van der Waals surface area contributed by atoms with Crippen molar-refractivity contribution in [1.82, 2.24) is 19.9 Å². The van der Waals surface area contributed by atoms with Crippen LogP contribution in [0.25, 0.3) is 17.1 Å². The molecule has 1 aliphatic carbocycles. The molecule has 144 valence electrons. The van der Waals surface area contributed by atoms with Crippen molar-refractivity contribution in [3.63, 3.8) is 0 Å². The Labute approximate surface area is 173 Å². The van der Waals surface area contributed by atoms with E-state index in [0.717, 1.165) is 31.4 Å². The van der Waals surface area contributed by atoms with Gasteiger partial charge in [-0.1, -0.05) is 42.5 Å². The van der Waals surface area contributed by atoms with Crippen molar-refractivity contribution in [3.05, 3.63) is 64.7 Å². The molecule has 0 radical (unpaired) electrons. The molecule has 1 fully saturated rings. The first-order valence-electron chi connectivity index (χ1n) is 9.38. The Balaban J connectivity index is 1.73. The van der Waals surface area contributed by atoms with Crippen molar-refractivity contribution in [2.45, 2.75) is 38.1 Å². The summed E-state index contributed by atoms with van der Waals surface area (Å²) in [5.74, 6) is 0.407. The van der Waals surface area contributed by atoms with Gasteiger partial charge in [-0.3, -0.25) is 14.3 Å². The van der Waals surface area contributed by atoms with E-state index in [-0.39, 0.29) is 11.9 Å². The van der Waals surface area contributed by atoms with Gasteiger partial charge in [0.05, 0.1) is 16.9 Å². The highest BCUT2D eigenvalue weighted by atomic mass is 35.5. The van der Waals surface area contributed by atoms with E-state index in [4.69, 9.17) is 23.2 Å². The number of hydrogen-bond acceptors (Lipinski definition) is 3. The van der Waals surface area contributed by atoms with Gasteiger partial charge in [0.15, 0.2) is 0 Å². The molecule has 4 rings (SSSR count). The number of carbonyl (C=O) groups is 1. The number of hydrogen-bond donors (Lipinski definition) is 1. The number of pyridine rings is 1. The largest absolute Gasteiger partial charge is 0.348 e. The van der Waals surface area contributed by atoms with E-state index in [9.17, 15) is 4.79 Å². The Morgan fingerprint density at radius 2 is 1.96 bits per heavy atom. The Bertz CT molecular complexity index is 981. The second-order valence-corrected chi connectivity index (χ2v) is 7.81. The summed E-state index contributed by atoms with van der Waals surface area (Å²) >= 11 is 12.5. The lowest BCUT2D eigenvalue weighted by atomic mass is 9.95. The van der Waals surface area contributed by atoms with Gasteiger partial charge >= 0.3 is 0 Å². The van der Waals surface area contributed by atoms with E-state index in [1.807, 2.05) is 22.8 Å². The predicted octanol–water partition coefficient (Wildman–Crippen LogP) is 5.30. The molecule has 0 spiro atoms. The van der Waals surface area contributed by atoms with E-state index in [1.54, 1.807) is 30.7 Å². The van der Waals surface area contributed by atoms with Crippen LogP contribution in [0.1, 0.15) is 42.6 Å². The van der Waals surface area contributed by atoms with Crippen LogP contribution in [-0.4, -0.2) is 26.5 Å². The predicted molar refractivity (Wildman–Crippen MR) is 111 cm³/mol. The molecular formula is C21H20Cl2N4O. The third-order valence-corrected chi connectivity index (χ3v) is 5.52. The average Bonchev–Trinajstić information content (AvgIpc) is 3.15. The third-order valence-electron chi connectivity index (χ3n) is 4.98. The van der Waals surface area contributed by atoms with Crippen molar-refractivity contribution in [2.75, 3.05) is 0 Å². The minimum Gasteiger partial charge on any atom is -0.348 e. The number of nitrogens with zero attached hydrogens (tertiary/aromatic N) is 3. The molecule has 1 aliphatic rings. The number of rotatable bonds is 4. The molecule has 2 aromatic heterocycles. The molecule has 1 N–H and O–H groups in total. The molecule has 0 aliphatic heterocycles. The maximum absolute atomic E-state index is 12.8. The third kappa shape index (κ3) is 4.05. The molecule has 0 bridgehead atoms. The van der Waals surface area contributed by atoms with Gasteiger partial charge < -0.3 is 5.32 Å². The van der Waals surface area contributed by atoms with Crippen LogP contribution in [0.5, 0.6) is 0 Å². The molecule has 1 amide bonds. The Hall–Kier alpha value is -2.37. The average molecular weight is 415 g/mol. The molecule has 3 aromatic rings. The van der Waals surface area contributed by atoms with Gasteiger partial charge in [0.2, 0.25) is 0 Å². The van der Waals surface area contributed by atoms with E-state index in [0.29, 0.717) is 27.1 Å². The van der Waals surface area contributed by atoms with Crippen LogP contribution < -0.4 is 5.32 Å². The Morgan fingerprint density at radius 1 is 1.14 bits per heavy atom. The molecule has 0 atom stereocenters. The zero-order valence-electron chi connectivity index (χ0n) is 15.2. The first-order chi connectivity index (χ1) is 13.6. The number of aromatic nitrogens is 3. The van der Waals surface area contributed by atoms with Crippen LogP contribution in [0.4, 0.5) is 0 Å². The smallest absolute Gasteiger partial charge is 0.271 e. The maximum Gasteiger partial charge on any atom is 0.271 e. The highest BCUT2D eigenvalue weighted by Gasteiger charge is 2.22. The standard InChI is InChI=1S/C21H20Cl2N4O/c22-14-8-9-17(18(23)11-14)20-26-19(13-27(20)16-7-4-10-24-12-16)21(28)25-15-5-2-1-3-6-15/h4,7-13,15H,1-3,5-6H2,(H,25,28). The summed E-state index contributed by atoms with van der Waals surface area (Å²) in [6.45, 7) is 0. The first kappa shape index (κ1) is 19.0. The molecule has 7 heteroatoms. The lowest BCUT2D eigenvalue weighted by molar-refractivity contribution is 0.0923. The molecule has 2 heterocycles. The fourth-order valence-electron chi connectivity index (χ4n) is 3.55. The van der Waals surface area contributed by atoms with Crippen LogP contribution in [0.15, 0.2) is 48.9 Å². The van der Waals surface area contributed by atoms with Crippen molar-refractivity contribution >= 4 is 29.1 Å². The van der Waals surface area contributed by atoms with Crippen LogP contribution in [0, 0.1) is 0 Å². The highest BCUT2D eigenvalue weighted by molar-refractivity contribution is 6.36. The SMILES string of the molecule is O=C(NC1CCCCC1)c1cn(-c2cccnc2)c(-c2ccc(Cl)cc2Cl)n1. The van der Waals surface area contributed by atoms with Gasteiger partial charge in [-0.2, -0.15) is 0 Å². The molecule has 28 heavy (non-hydrogen) atoms. The summed E-state index contributed by atoms with van der Waals surface area (Å²) in [6.07, 6.45) is 10.7. The number of nitrogens with one attached hydrogen (secondary N) is 1. The van der Waals surface area contributed by atoms with E-state index < -0.39 is 0 Å². The topological polar surface area (TPSA) is 59.8 Å². The number of carbonyl (C=O) groups excluding carboxylic acids is 1. The summed E-state index contributed by atoms with van der Waals surface area (Å²) in [7, 11) is 0. The van der Waals surface area contributed by atoms with Crippen LogP contribution in [-0.2, 0) is 0 Å². The molecular weight excluding hydrogens is 395 g/mol. The number of halogens is 2. The summed E-state index contributed by atoms with van der Waals surface area (Å²) in [6, 6.07) is 9.19. The van der Waals surface area contributed by atoms with Crippen molar-refractivity contribution < 1.29 is 4.79 Å².